The monoisotopic (exact) mass is 351 g/mol. The summed E-state index contributed by atoms with van der Waals surface area (Å²) < 4.78 is 5.77. The van der Waals surface area contributed by atoms with E-state index in [0.29, 0.717) is 49.1 Å². The van der Waals surface area contributed by atoms with Gasteiger partial charge in [-0.15, -0.1) is 0 Å². The number of halogens is 1. The fourth-order valence-electron chi connectivity index (χ4n) is 2.67. The van der Waals surface area contributed by atoms with E-state index in [9.17, 15) is 9.59 Å². The maximum atomic E-state index is 12.6. The minimum Gasteiger partial charge on any atom is -0.491 e. The van der Waals surface area contributed by atoms with Gasteiger partial charge in [0.1, 0.15) is 5.75 Å². The van der Waals surface area contributed by atoms with E-state index in [1.54, 1.807) is 23.1 Å². The zero-order valence-electron chi connectivity index (χ0n) is 13.8. The van der Waals surface area contributed by atoms with Crippen molar-refractivity contribution in [3.63, 3.8) is 0 Å². The Hall–Kier alpha value is -1.95. The van der Waals surface area contributed by atoms with Crippen molar-refractivity contribution in [1.82, 2.24) is 9.80 Å². The SMILES string of the molecule is CC1(COc2ccc(C(=O)N3CCN(C(N)=O)CC3)cc2Cl)CC1. The molecule has 0 aromatic heterocycles. The Labute approximate surface area is 146 Å². The van der Waals surface area contributed by atoms with Crippen LogP contribution >= 0.6 is 11.6 Å². The predicted octanol–water partition coefficient (Wildman–Crippen LogP) is 2.36. The number of ether oxygens (including phenoxy) is 1. The number of nitrogens with zero attached hydrogens (tertiary/aromatic N) is 2. The number of urea groups is 1. The number of hydrogen-bond acceptors (Lipinski definition) is 3. The number of carbonyl (C=O) groups excluding carboxylic acids is 2. The standard InChI is InChI=1S/C17H22ClN3O3/c1-17(4-5-17)11-24-14-3-2-12(10-13(14)18)15(22)20-6-8-21(9-7-20)16(19)23/h2-3,10H,4-9,11H2,1H3,(H2,19,23). The van der Waals surface area contributed by atoms with Gasteiger partial charge in [0.2, 0.25) is 0 Å². The molecule has 24 heavy (non-hydrogen) atoms. The molecule has 1 heterocycles. The number of hydrogen-bond donors (Lipinski definition) is 1. The first-order chi connectivity index (χ1) is 11.4. The quantitative estimate of drug-likeness (QED) is 0.904. The van der Waals surface area contributed by atoms with Crippen molar-refractivity contribution >= 4 is 23.5 Å². The average molecular weight is 352 g/mol. The molecule has 1 saturated heterocycles. The van der Waals surface area contributed by atoms with E-state index >= 15 is 0 Å². The molecule has 1 aliphatic heterocycles. The molecule has 3 rings (SSSR count). The summed E-state index contributed by atoms with van der Waals surface area (Å²) in [5.41, 5.74) is 6.05. The summed E-state index contributed by atoms with van der Waals surface area (Å²) in [6, 6.07) is 4.69. The van der Waals surface area contributed by atoms with Crippen LogP contribution in [0.25, 0.3) is 0 Å². The molecule has 0 radical (unpaired) electrons. The summed E-state index contributed by atoms with van der Waals surface area (Å²) in [7, 11) is 0. The van der Waals surface area contributed by atoms with Gasteiger partial charge in [0, 0.05) is 37.2 Å². The van der Waals surface area contributed by atoms with Gasteiger partial charge in [-0.2, -0.15) is 0 Å². The van der Waals surface area contributed by atoms with Crippen LogP contribution in [0.5, 0.6) is 5.75 Å². The largest absolute Gasteiger partial charge is 0.491 e. The molecule has 0 bridgehead atoms. The molecule has 1 aromatic rings. The second kappa shape index (κ2) is 6.51. The summed E-state index contributed by atoms with van der Waals surface area (Å²) in [6.45, 7) is 4.68. The highest BCUT2D eigenvalue weighted by atomic mass is 35.5. The van der Waals surface area contributed by atoms with Crippen LogP contribution in [-0.4, -0.2) is 54.5 Å². The number of amides is 3. The van der Waals surface area contributed by atoms with Gasteiger partial charge in [0.15, 0.2) is 0 Å². The van der Waals surface area contributed by atoms with E-state index in [0.717, 1.165) is 0 Å². The lowest BCUT2D eigenvalue weighted by Crippen LogP contribution is -2.52. The number of nitrogens with two attached hydrogens (primary N) is 1. The maximum Gasteiger partial charge on any atom is 0.314 e. The van der Waals surface area contributed by atoms with Crippen molar-refractivity contribution in [2.45, 2.75) is 19.8 Å². The first-order valence-electron chi connectivity index (χ1n) is 8.14. The Kier molecular flexibility index (Phi) is 4.58. The van der Waals surface area contributed by atoms with Crippen molar-refractivity contribution in [2.24, 2.45) is 11.1 Å². The van der Waals surface area contributed by atoms with Crippen molar-refractivity contribution in [2.75, 3.05) is 32.8 Å². The van der Waals surface area contributed by atoms with Gasteiger partial charge in [-0.1, -0.05) is 18.5 Å². The highest BCUT2D eigenvalue weighted by Gasteiger charge is 2.38. The van der Waals surface area contributed by atoms with E-state index in [-0.39, 0.29) is 11.3 Å². The van der Waals surface area contributed by atoms with E-state index in [1.165, 1.54) is 17.7 Å². The van der Waals surface area contributed by atoms with Gasteiger partial charge in [-0.3, -0.25) is 4.79 Å². The second-order valence-corrected chi connectivity index (χ2v) is 7.27. The molecule has 1 saturated carbocycles. The van der Waals surface area contributed by atoms with E-state index in [1.807, 2.05) is 0 Å². The number of carbonyl (C=O) groups is 2. The van der Waals surface area contributed by atoms with Crippen molar-refractivity contribution in [3.05, 3.63) is 28.8 Å². The molecule has 1 aliphatic carbocycles. The summed E-state index contributed by atoms with van der Waals surface area (Å²) in [4.78, 5) is 26.9. The Bertz CT molecular complexity index is 652. The molecular formula is C17H22ClN3O3. The van der Waals surface area contributed by atoms with Gasteiger partial charge in [0.05, 0.1) is 11.6 Å². The third-order valence-corrected chi connectivity index (χ3v) is 5.03. The van der Waals surface area contributed by atoms with E-state index < -0.39 is 6.03 Å². The number of piperazine rings is 1. The fraction of sp³-hybridized carbons (Fsp3) is 0.529. The van der Waals surface area contributed by atoms with Crippen LogP contribution < -0.4 is 10.5 Å². The fourth-order valence-corrected chi connectivity index (χ4v) is 2.91. The molecule has 3 amide bonds. The lowest BCUT2D eigenvalue weighted by atomic mass is 10.1. The van der Waals surface area contributed by atoms with Gasteiger partial charge in [-0.05, 0) is 31.0 Å². The van der Waals surface area contributed by atoms with Crippen LogP contribution in [-0.2, 0) is 0 Å². The summed E-state index contributed by atoms with van der Waals surface area (Å²) in [5, 5.41) is 0.445. The lowest BCUT2D eigenvalue weighted by molar-refractivity contribution is 0.0669. The average Bonchev–Trinajstić information content (AvgIpc) is 3.31. The smallest absolute Gasteiger partial charge is 0.314 e. The Morgan fingerprint density at radius 1 is 1.21 bits per heavy atom. The Morgan fingerprint density at radius 2 is 1.83 bits per heavy atom. The highest BCUT2D eigenvalue weighted by Crippen LogP contribution is 2.45. The maximum absolute atomic E-state index is 12.6. The summed E-state index contributed by atoms with van der Waals surface area (Å²) in [5.74, 6) is 0.515. The molecule has 130 valence electrons. The lowest BCUT2D eigenvalue weighted by Gasteiger charge is -2.33. The topological polar surface area (TPSA) is 75.9 Å². The zero-order valence-corrected chi connectivity index (χ0v) is 14.5. The molecule has 7 heteroatoms. The summed E-state index contributed by atoms with van der Waals surface area (Å²) in [6.07, 6.45) is 2.36. The van der Waals surface area contributed by atoms with Crippen LogP contribution in [0.1, 0.15) is 30.1 Å². The normalized spacial score (nSPS) is 19.1. The molecule has 0 unspecified atom stereocenters. The second-order valence-electron chi connectivity index (χ2n) is 6.86. The van der Waals surface area contributed by atoms with Crippen LogP contribution in [0.4, 0.5) is 4.79 Å². The first kappa shape index (κ1) is 16.9. The van der Waals surface area contributed by atoms with Crippen LogP contribution in [0.3, 0.4) is 0 Å². The minimum absolute atomic E-state index is 0.0956. The Morgan fingerprint density at radius 3 is 2.38 bits per heavy atom. The third-order valence-electron chi connectivity index (χ3n) is 4.74. The van der Waals surface area contributed by atoms with Crippen LogP contribution in [0.2, 0.25) is 5.02 Å². The van der Waals surface area contributed by atoms with E-state index in [4.69, 9.17) is 22.1 Å². The number of primary amides is 1. The van der Waals surface area contributed by atoms with Gasteiger partial charge < -0.3 is 20.3 Å². The molecule has 2 fully saturated rings. The van der Waals surface area contributed by atoms with Crippen LogP contribution in [0, 0.1) is 5.41 Å². The first-order valence-corrected chi connectivity index (χ1v) is 8.52. The molecule has 1 aromatic carbocycles. The summed E-state index contributed by atoms with van der Waals surface area (Å²) >= 11 is 6.26. The Balaban J connectivity index is 1.61. The van der Waals surface area contributed by atoms with Gasteiger partial charge >= 0.3 is 6.03 Å². The molecule has 0 atom stereocenters. The molecule has 2 aliphatic rings. The number of benzene rings is 1. The molecule has 0 spiro atoms. The molecule has 6 nitrogen and oxygen atoms in total. The third kappa shape index (κ3) is 3.75. The van der Waals surface area contributed by atoms with E-state index in [2.05, 4.69) is 6.92 Å². The zero-order chi connectivity index (χ0) is 17.3. The number of rotatable bonds is 4. The van der Waals surface area contributed by atoms with Gasteiger partial charge in [-0.25, -0.2) is 4.79 Å². The van der Waals surface area contributed by atoms with Crippen molar-refractivity contribution in [3.8, 4) is 5.75 Å². The van der Waals surface area contributed by atoms with Gasteiger partial charge in [0.25, 0.3) is 5.91 Å². The highest BCUT2D eigenvalue weighted by molar-refractivity contribution is 6.32. The van der Waals surface area contributed by atoms with Crippen molar-refractivity contribution < 1.29 is 14.3 Å². The minimum atomic E-state index is -0.448. The van der Waals surface area contributed by atoms with Crippen molar-refractivity contribution in [1.29, 1.82) is 0 Å². The molecule has 2 N–H and O–H groups in total. The molecular weight excluding hydrogens is 330 g/mol. The van der Waals surface area contributed by atoms with Crippen LogP contribution in [0.15, 0.2) is 18.2 Å². The predicted molar refractivity (Wildman–Crippen MR) is 91.3 cm³/mol.